The van der Waals surface area contributed by atoms with Gasteiger partial charge in [0.15, 0.2) is 5.78 Å². The van der Waals surface area contributed by atoms with Gasteiger partial charge in [-0.05, 0) is 54.7 Å². The first-order valence-corrected chi connectivity index (χ1v) is 8.83. The number of rotatable bonds is 4. The van der Waals surface area contributed by atoms with Crippen LogP contribution in [0.1, 0.15) is 30.9 Å². The van der Waals surface area contributed by atoms with Crippen molar-refractivity contribution in [3.05, 3.63) is 70.8 Å². The second-order valence-corrected chi connectivity index (χ2v) is 6.70. The van der Waals surface area contributed by atoms with Gasteiger partial charge in [0.2, 0.25) is 0 Å². The highest BCUT2D eigenvalue weighted by molar-refractivity contribution is 6.14. The van der Waals surface area contributed by atoms with E-state index in [4.69, 9.17) is 9.47 Å². The lowest BCUT2D eigenvalue weighted by molar-refractivity contribution is -0.113. The minimum absolute atomic E-state index is 0.122. The summed E-state index contributed by atoms with van der Waals surface area (Å²) in [6, 6.07) is 15.6. The minimum atomic E-state index is 0.122. The number of ether oxygens (including phenoxy) is 2. The highest BCUT2D eigenvalue weighted by Crippen LogP contribution is 2.33. The molecule has 1 aliphatic rings. The SMILES string of the molecule is COc1cccc(/C=C2\C[C@@H](C)C/C(=C\c3ccccc3OC)C2=O)c1. The van der Waals surface area contributed by atoms with Crippen molar-refractivity contribution in [1.82, 2.24) is 0 Å². The Kier molecular flexibility index (Phi) is 5.57. The van der Waals surface area contributed by atoms with Gasteiger partial charge in [0.05, 0.1) is 14.2 Å². The van der Waals surface area contributed by atoms with E-state index in [1.807, 2.05) is 60.7 Å². The molecular formula is C23H24O3. The number of Topliss-reactive ketones (excluding diaryl/α,β-unsaturated/α-hetero) is 1. The number of benzene rings is 2. The molecule has 1 atom stereocenters. The molecule has 2 aromatic carbocycles. The maximum atomic E-state index is 13.0. The van der Waals surface area contributed by atoms with Crippen molar-refractivity contribution in [3.63, 3.8) is 0 Å². The van der Waals surface area contributed by atoms with E-state index < -0.39 is 0 Å². The normalized spacial score (nSPS) is 20.4. The third kappa shape index (κ3) is 4.05. The van der Waals surface area contributed by atoms with Crippen molar-refractivity contribution in [2.45, 2.75) is 19.8 Å². The van der Waals surface area contributed by atoms with E-state index in [1.165, 1.54) is 0 Å². The third-order valence-corrected chi connectivity index (χ3v) is 4.62. The molecule has 1 fully saturated rings. The van der Waals surface area contributed by atoms with Crippen molar-refractivity contribution in [2.24, 2.45) is 5.92 Å². The highest BCUT2D eigenvalue weighted by Gasteiger charge is 2.25. The number of allylic oxidation sites excluding steroid dienone is 2. The Balaban J connectivity index is 1.95. The van der Waals surface area contributed by atoms with Crippen molar-refractivity contribution in [1.29, 1.82) is 0 Å². The third-order valence-electron chi connectivity index (χ3n) is 4.62. The van der Waals surface area contributed by atoms with E-state index >= 15 is 0 Å². The lowest BCUT2D eigenvalue weighted by atomic mass is 9.80. The van der Waals surface area contributed by atoms with Crippen LogP contribution in [0.2, 0.25) is 0 Å². The molecule has 0 bridgehead atoms. The second-order valence-electron chi connectivity index (χ2n) is 6.70. The molecule has 0 unspecified atom stereocenters. The van der Waals surface area contributed by atoms with Gasteiger partial charge in [-0.1, -0.05) is 37.3 Å². The van der Waals surface area contributed by atoms with Gasteiger partial charge in [0.1, 0.15) is 11.5 Å². The summed E-state index contributed by atoms with van der Waals surface area (Å²) in [4.78, 5) is 13.0. The largest absolute Gasteiger partial charge is 0.497 e. The summed E-state index contributed by atoms with van der Waals surface area (Å²) in [5.74, 6) is 2.12. The van der Waals surface area contributed by atoms with E-state index in [-0.39, 0.29) is 5.78 Å². The molecule has 26 heavy (non-hydrogen) atoms. The Morgan fingerprint density at radius 3 is 2.38 bits per heavy atom. The van der Waals surface area contributed by atoms with E-state index in [0.29, 0.717) is 5.92 Å². The smallest absolute Gasteiger partial charge is 0.185 e. The van der Waals surface area contributed by atoms with E-state index in [2.05, 4.69) is 6.92 Å². The molecular weight excluding hydrogens is 324 g/mol. The van der Waals surface area contributed by atoms with Crippen LogP contribution in [-0.4, -0.2) is 20.0 Å². The maximum absolute atomic E-state index is 13.0. The van der Waals surface area contributed by atoms with Crippen LogP contribution in [0, 0.1) is 5.92 Å². The van der Waals surface area contributed by atoms with E-state index in [9.17, 15) is 4.79 Å². The number of ketones is 1. The van der Waals surface area contributed by atoms with Crippen molar-refractivity contribution in [3.8, 4) is 11.5 Å². The number of para-hydroxylation sites is 1. The number of methoxy groups -OCH3 is 2. The van der Waals surface area contributed by atoms with Gasteiger partial charge in [-0.15, -0.1) is 0 Å². The summed E-state index contributed by atoms with van der Waals surface area (Å²) in [6.45, 7) is 2.18. The Morgan fingerprint density at radius 2 is 1.65 bits per heavy atom. The van der Waals surface area contributed by atoms with Crippen LogP contribution < -0.4 is 9.47 Å². The Bertz CT molecular complexity index is 861. The average molecular weight is 348 g/mol. The molecule has 0 aromatic heterocycles. The fourth-order valence-corrected chi connectivity index (χ4v) is 3.37. The fourth-order valence-electron chi connectivity index (χ4n) is 3.37. The Morgan fingerprint density at radius 1 is 0.923 bits per heavy atom. The van der Waals surface area contributed by atoms with E-state index in [1.54, 1.807) is 14.2 Å². The van der Waals surface area contributed by atoms with Crippen LogP contribution in [0.15, 0.2) is 59.7 Å². The van der Waals surface area contributed by atoms with Gasteiger partial charge in [0, 0.05) is 16.7 Å². The van der Waals surface area contributed by atoms with Gasteiger partial charge in [-0.3, -0.25) is 4.79 Å². The van der Waals surface area contributed by atoms with Crippen LogP contribution in [-0.2, 0) is 4.79 Å². The zero-order chi connectivity index (χ0) is 18.5. The van der Waals surface area contributed by atoms with Gasteiger partial charge in [-0.2, -0.15) is 0 Å². The number of carbonyl (C=O) groups is 1. The molecule has 134 valence electrons. The number of hydrogen-bond donors (Lipinski definition) is 0. The molecule has 2 aromatic rings. The topological polar surface area (TPSA) is 35.5 Å². The van der Waals surface area contributed by atoms with Crippen molar-refractivity contribution >= 4 is 17.9 Å². The van der Waals surface area contributed by atoms with Gasteiger partial charge < -0.3 is 9.47 Å². The van der Waals surface area contributed by atoms with Gasteiger partial charge in [0.25, 0.3) is 0 Å². The molecule has 0 spiro atoms. The Hall–Kier alpha value is -2.81. The van der Waals surface area contributed by atoms with Crippen LogP contribution >= 0.6 is 0 Å². The van der Waals surface area contributed by atoms with Crippen LogP contribution in [0.4, 0.5) is 0 Å². The van der Waals surface area contributed by atoms with Crippen LogP contribution in [0.25, 0.3) is 12.2 Å². The molecule has 0 saturated heterocycles. The number of hydrogen-bond acceptors (Lipinski definition) is 3. The number of carbonyl (C=O) groups excluding carboxylic acids is 1. The predicted molar refractivity (Wildman–Crippen MR) is 105 cm³/mol. The molecule has 0 aliphatic heterocycles. The zero-order valence-electron chi connectivity index (χ0n) is 15.5. The molecule has 0 radical (unpaired) electrons. The second kappa shape index (κ2) is 8.05. The molecule has 3 heteroatoms. The summed E-state index contributed by atoms with van der Waals surface area (Å²) in [5.41, 5.74) is 3.60. The van der Waals surface area contributed by atoms with Crippen molar-refractivity contribution in [2.75, 3.05) is 14.2 Å². The summed E-state index contributed by atoms with van der Waals surface area (Å²) < 4.78 is 10.7. The standard InChI is InChI=1S/C23H24O3/c1-16-11-19(13-17-7-6-9-21(14-17)25-2)23(24)20(12-16)15-18-8-4-5-10-22(18)26-3/h4-10,13-16H,11-12H2,1-3H3/b19-13+,20-15+/t16-/m1/s1. The first-order valence-electron chi connectivity index (χ1n) is 8.83. The van der Waals surface area contributed by atoms with E-state index in [0.717, 1.165) is 46.6 Å². The lowest BCUT2D eigenvalue weighted by Gasteiger charge is -2.23. The molecule has 1 saturated carbocycles. The quantitative estimate of drug-likeness (QED) is 0.715. The average Bonchev–Trinajstić information content (AvgIpc) is 2.66. The first-order chi connectivity index (χ1) is 12.6. The molecule has 0 amide bonds. The van der Waals surface area contributed by atoms with Crippen LogP contribution in [0.3, 0.4) is 0 Å². The highest BCUT2D eigenvalue weighted by atomic mass is 16.5. The van der Waals surface area contributed by atoms with Crippen LogP contribution in [0.5, 0.6) is 11.5 Å². The summed E-state index contributed by atoms with van der Waals surface area (Å²) in [6.07, 6.45) is 5.53. The first kappa shape index (κ1) is 18.0. The molecule has 3 nitrogen and oxygen atoms in total. The molecule has 3 rings (SSSR count). The molecule has 0 heterocycles. The predicted octanol–water partition coefficient (Wildman–Crippen LogP) is 5.17. The fraction of sp³-hybridized carbons (Fsp3) is 0.261. The van der Waals surface area contributed by atoms with Gasteiger partial charge in [-0.25, -0.2) is 0 Å². The minimum Gasteiger partial charge on any atom is -0.497 e. The maximum Gasteiger partial charge on any atom is 0.185 e. The molecule has 0 N–H and O–H groups in total. The summed E-state index contributed by atoms with van der Waals surface area (Å²) >= 11 is 0. The summed E-state index contributed by atoms with van der Waals surface area (Å²) in [5, 5.41) is 0. The molecule has 1 aliphatic carbocycles. The summed E-state index contributed by atoms with van der Waals surface area (Å²) in [7, 11) is 3.30. The Labute approximate surface area is 155 Å². The zero-order valence-corrected chi connectivity index (χ0v) is 15.5. The lowest BCUT2D eigenvalue weighted by Crippen LogP contribution is -2.18. The van der Waals surface area contributed by atoms with Gasteiger partial charge >= 0.3 is 0 Å². The monoisotopic (exact) mass is 348 g/mol. The van der Waals surface area contributed by atoms with Crippen molar-refractivity contribution < 1.29 is 14.3 Å².